The van der Waals surface area contributed by atoms with Crippen LogP contribution in [0, 0.1) is 5.82 Å². The van der Waals surface area contributed by atoms with Crippen molar-refractivity contribution in [2.75, 3.05) is 7.11 Å². The Kier molecular flexibility index (Phi) is 8.55. The Morgan fingerprint density at radius 1 is 1.03 bits per heavy atom. The van der Waals surface area contributed by atoms with Crippen LogP contribution in [0.25, 0.3) is 11.1 Å². The van der Waals surface area contributed by atoms with Gasteiger partial charge in [0.05, 0.1) is 13.5 Å². The second kappa shape index (κ2) is 11.4. The van der Waals surface area contributed by atoms with Crippen molar-refractivity contribution < 1.29 is 23.8 Å². The average molecular weight is 479 g/mol. The largest absolute Gasteiger partial charge is 0.497 e. The van der Waals surface area contributed by atoms with Gasteiger partial charge in [0.25, 0.3) is 0 Å². The van der Waals surface area contributed by atoms with E-state index >= 15 is 0 Å². The summed E-state index contributed by atoms with van der Waals surface area (Å²) in [6.07, 6.45) is 2.04. The van der Waals surface area contributed by atoms with E-state index < -0.39 is 5.97 Å². The first-order valence-corrected chi connectivity index (χ1v) is 12.1. The summed E-state index contributed by atoms with van der Waals surface area (Å²) in [7, 11) is 1.58. The predicted octanol–water partition coefficient (Wildman–Crippen LogP) is 7.74. The molecular weight excluding hydrogens is 443 g/mol. The Hall–Kier alpha value is -3.34. The first-order valence-electron chi connectivity index (χ1n) is 12.1. The zero-order valence-electron chi connectivity index (χ0n) is 21.2. The molecule has 186 valence electrons. The van der Waals surface area contributed by atoms with Gasteiger partial charge in [0.1, 0.15) is 23.9 Å². The number of halogens is 1. The van der Waals surface area contributed by atoms with Crippen LogP contribution >= 0.6 is 0 Å². The molecule has 0 aliphatic carbocycles. The molecule has 4 nitrogen and oxygen atoms in total. The van der Waals surface area contributed by atoms with Crippen LogP contribution in [0.5, 0.6) is 11.5 Å². The number of carbonyl (C=O) groups is 1. The molecule has 0 unspecified atom stereocenters. The molecule has 3 aromatic rings. The van der Waals surface area contributed by atoms with E-state index in [-0.39, 0.29) is 23.6 Å². The van der Waals surface area contributed by atoms with E-state index in [1.165, 1.54) is 6.07 Å². The van der Waals surface area contributed by atoms with Crippen molar-refractivity contribution in [3.05, 3.63) is 83.2 Å². The van der Waals surface area contributed by atoms with Crippen LogP contribution in [-0.4, -0.2) is 18.2 Å². The highest BCUT2D eigenvalue weighted by Gasteiger charge is 2.25. The number of carboxylic acid groups (broad SMARTS) is 1. The van der Waals surface area contributed by atoms with Crippen molar-refractivity contribution in [1.82, 2.24) is 0 Å². The van der Waals surface area contributed by atoms with Gasteiger partial charge in [-0.1, -0.05) is 64.4 Å². The summed E-state index contributed by atoms with van der Waals surface area (Å²) >= 11 is 0. The third-order valence-corrected chi connectivity index (χ3v) is 6.47. The molecule has 0 aliphatic rings. The van der Waals surface area contributed by atoms with Crippen LogP contribution in [0.1, 0.15) is 69.6 Å². The van der Waals surface area contributed by atoms with Crippen molar-refractivity contribution >= 4 is 5.97 Å². The standard InChI is InChI=1S/C30H35FO4/c1-6-14-30(3,4)27-16-21(10-12-25(27)26-18-23(34-5)11-13-28(26)31)19-35-24-9-7-8-22(17-24)20(2)15-29(32)33/h7-13,16-18,20H,6,14-15,19H2,1-5H3,(H,32,33)/t20-/m1/s1. The molecule has 0 aliphatic heterocycles. The maximum Gasteiger partial charge on any atom is 0.303 e. The fourth-order valence-corrected chi connectivity index (χ4v) is 4.53. The predicted molar refractivity (Wildman–Crippen MR) is 138 cm³/mol. The normalized spacial score (nSPS) is 12.3. The fourth-order valence-electron chi connectivity index (χ4n) is 4.53. The van der Waals surface area contributed by atoms with E-state index in [0.29, 0.717) is 23.7 Å². The van der Waals surface area contributed by atoms with E-state index in [4.69, 9.17) is 14.6 Å². The van der Waals surface area contributed by atoms with Crippen LogP contribution < -0.4 is 9.47 Å². The minimum absolute atomic E-state index is 0.0710. The molecule has 0 bridgehead atoms. The zero-order valence-corrected chi connectivity index (χ0v) is 21.2. The first-order chi connectivity index (χ1) is 16.6. The Labute approximate surface area is 207 Å². The summed E-state index contributed by atoms with van der Waals surface area (Å²) in [4.78, 5) is 11.1. The van der Waals surface area contributed by atoms with Gasteiger partial charge in [0.15, 0.2) is 0 Å². The summed E-state index contributed by atoms with van der Waals surface area (Å²) in [5, 5.41) is 9.09. The maximum absolute atomic E-state index is 14.9. The lowest BCUT2D eigenvalue weighted by Gasteiger charge is -2.28. The molecule has 3 aromatic carbocycles. The van der Waals surface area contributed by atoms with Crippen LogP contribution in [-0.2, 0) is 16.8 Å². The molecule has 3 rings (SSSR count). The number of hydrogen-bond acceptors (Lipinski definition) is 3. The Morgan fingerprint density at radius 3 is 2.49 bits per heavy atom. The number of carboxylic acids is 1. The van der Waals surface area contributed by atoms with Crippen molar-refractivity contribution in [2.45, 2.75) is 64.9 Å². The van der Waals surface area contributed by atoms with E-state index in [9.17, 15) is 9.18 Å². The minimum Gasteiger partial charge on any atom is -0.497 e. The number of rotatable bonds is 11. The fraction of sp³-hybridized carbons (Fsp3) is 0.367. The molecule has 5 heteroatoms. The van der Waals surface area contributed by atoms with Crippen LogP contribution in [0.3, 0.4) is 0 Å². The van der Waals surface area contributed by atoms with Gasteiger partial charge in [-0.15, -0.1) is 0 Å². The Bertz CT molecular complexity index is 1170. The lowest BCUT2D eigenvalue weighted by atomic mass is 9.76. The SMILES string of the molecule is CCCC(C)(C)c1cc(COc2cccc([C@H](C)CC(=O)O)c2)ccc1-c1cc(OC)ccc1F. The zero-order chi connectivity index (χ0) is 25.6. The Balaban J connectivity index is 1.92. The third kappa shape index (κ3) is 6.62. The molecule has 0 aromatic heterocycles. The second-order valence-corrected chi connectivity index (χ2v) is 9.72. The number of benzene rings is 3. The minimum atomic E-state index is -0.821. The topological polar surface area (TPSA) is 55.8 Å². The first kappa shape index (κ1) is 26.3. The summed E-state index contributed by atoms with van der Waals surface area (Å²) in [6.45, 7) is 8.77. The van der Waals surface area contributed by atoms with Crippen molar-refractivity contribution in [2.24, 2.45) is 0 Å². The van der Waals surface area contributed by atoms with E-state index in [1.54, 1.807) is 19.2 Å². The molecule has 35 heavy (non-hydrogen) atoms. The lowest BCUT2D eigenvalue weighted by Crippen LogP contribution is -2.18. The van der Waals surface area contributed by atoms with Crippen molar-refractivity contribution in [1.29, 1.82) is 0 Å². The van der Waals surface area contributed by atoms with Crippen molar-refractivity contribution in [3.63, 3.8) is 0 Å². The van der Waals surface area contributed by atoms with E-state index in [2.05, 4.69) is 26.8 Å². The van der Waals surface area contributed by atoms with Crippen LogP contribution in [0.15, 0.2) is 60.7 Å². The highest BCUT2D eigenvalue weighted by Crippen LogP contribution is 2.39. The molecule has 0 fully saturated rings. The highest BCUT2D eigenvalue weighted by molar-refractivity contribution is 5.71. The van der Waals surface area contributed by atoms with E-state index in [1.807, 2.05) is 43.3 Å². The van der Waals surface area contributed by atoms with Crippen LogP contribution in [0.2, 0.25) is 0 Å². The molecule has 0 radical (unpaired) electrons. The molecule has 1 atom stereocenters. The highest BCUT2D eigenvalue weighted by atomic mass is 19.1. The Morgan fingerprint density at radius 2 is 1.80 bits per heavy atom. The monoisotopic (exact) mass is 478 g/mol. The molecule has 0 saturated heterocycles. The molecule has 0 amide bonds. The van der Waals surface area contributed by atoms with Gasteiger partial charge in [0, 0.05) is 5.56 Å². The quantitative estimate of drug-likeness (QED) is 0.306. The summed E-state index contributed by atoms with van der Waals surface area (Å²) in [5.41, 5.74) is 4.20. The third-order valence-electron chi connectivity index (χ3n) is 6.47. The lowest BCUT2D eigenvalue weighted by molar-refractivity contribution is -0.137. The smallest absolute Gasteiger partial charge is 0.303 e. The van der Waals surface area contributed by atoms with Crippen molar-refractivity contribution in [3.8, 4) is 22.6 Å². The van der Waals surface area contributed by atoms with Crippen LogP contribution in [0.4, 0.5) is 4.39 Å². The second-order valence-electron chi connectivity index (χ2n) is 9.72. The van der Waals surface area contributed by atoms with E-state index in [0.717, 1.165) is 35.1 Å². The van der Waals surface area contributed by atoms with Gasteiger partial charge in [-0.3, -0.25) is 4.79 Å². The van der Waals surface area contributed by atoms with Gasteiger partial charge in [0.2, 0.25) is 0 Å². The number of ether oxygens (including phenoxy) is 2. The van der Waals surface area contributed by atoms with Gasteiger partial charge < -0.3 is 14.6 Å². The maximum atomic E-state index is 14.9. The number of aliphatic carboxylic acids is 1. The number of hydrogen-bond donors (Lipinski definition) is 1. The summed E-state index contributed by atoms with van der Waals surface area (Å²) in [5.74, 6) is 0.103. The summed E-state index contributed by atoms with van der Waals surface area (Å²) in [6, 6.07) is 18.4. The summed E-state index contributed by atoms with van der Waals surface area (Å²) < 4.78 is 26.3. The molecule has 0 spiro atoms. The molecule has 1 N–H and O–H groups in total. The van der Waals surface area contributed by atoms with Gasteiger partial charge in [-0.05, 0) is 70.3 Å². The van der Waals surface area contributed by atoms with Gasteiger partial charge >= 0.3 is 5.97 Å². The molecular formula is C30H35FO4. The average Bonchev–Trinajstić information content (AvgIpc) is 2.83. The molecule has 0 heterocycles. The molecule has 0 saturated carbocycles. The van der Waals surface area contributed by atoms with Gasteiger partial charge in [-0.25, -0.2) is 4.39 Å². The number of methoxy groups -OCH3 is 1. The van der Waals surface area contributed by atoms with Gasteiger partial charge in [-0.2, -0.15) is 0 Å².